The second-order valence-electron chi connectivity index (χ2n) is 5.65. The molecule has 0 aliphatic rings. The van der Waals surface area contributed by atoms with E-state index in [-0.39, 0.29) is 5.54 Å². The molecule has 0 spiro atoms. The van der Waals surface area contributed by atoms with Crippen LogP contribution in [0.3, 0.4) is 0 Å². The monoisotopic (exact) mass is 238 g/mol. The minimum atomic E-state index is 0.180. The van der Waals surface area contributed by atoms with Crippen LogP contribution in [0.15, 0.2) is 6.07 Å². The van der Waals surface area contributed by atoms with Crippen LogP contribution in [0, 0.1) is 0 Å². The number of aromatic nitrogens is 2. The van der Waals surface area contributed by atoms with Crippen molar-refractivity contribution in [2.45, 2.75) is 59.2 Å². The van der Waals surface area contributed by atoms with Gasteiger partial charge in [0.2, 0.25) is 0 Å². The summed E-state index contributed by atoms with van der Waals surface area (Å²) in [6.45, 7) is 12.7. The Morgan fingerprint density at radius 2 is 2.12 bits per heavy atom. The van der Waals surface area contributed by atoms with Crippen LogP contribution >= 0.6 is 0 Å². The summed E-state index contributed by atoms with van der Waals surface area (Å²) in [5, 5.41) is 14.2. The lowest BCUT2D eigenvalue weighted by molar-refractivity contribution is 0.386. The number of hydrogen-bond donors (Lipinski definition) is 3. The summed E-state index contributed by atoms with van der Waals surface area (Å²) in [6.07, 6.45) is 0.984. The van der Waals surface area contributed by atoms with Gasteiger partial charge in [-0.3, -0.25) is 5.10 Å². The summed E-state index contributed by atoms with van der Waals surface area (Å²) in [5.74, 6) is 0. The van der Waals surface area contributed by atoms with Crippen LogP contribution in [-0.2, 0) is 13.0 Å². The predicted octanol–water partition coefficient (Wildman–Crippen LogP) is 1.84. The van der Waals surface area contributed by atoms with Gasteiger partial charge in [0.25, 0.3) is 0 Å². The molecule has 0 fully saturated rings. The Labute approximate surface area is 105 Å². The second-order valence-corrected chi connectivity index (χ2v) is 5.65. The first-order chi connectivity index (χ1) is 7.90. The molecule has 0 aliphatic carbocycles. The number of aromatic amines is 1. The zero-order valence-corrected chi connectivity index (χ0v) is 11.7. The van der Waals surface area contributed by atoms with Gasteiger partial charge in [-0.25, -0.2) is 0 Å². The van der Waals surface area contributed by atoms with Crippen molar-refractivity contribution in [3.63, 3.8) is 0 Å². The fourth-order valence-corrected chi connectivity index (χ4v) is 1.50. The molecule has 0 saturated heterocycles. The van der Waals surface area contributed by atoms with E-state index in [1.54, 1.807) is 0 Å². The van der Waals surface area contributed by atoms with Crippen molar-refractivity contribution in [3.05, 3.63) is 17.5 Å². The highest BCUT2D eigenvalue weighted by molar-refractivity contribution is 5.08. The zero-order valence-electron chi connectivity index (χ0n) is 11.7. The fraction of sp³-hybridized carbons (Fsp3) is 0.769. The van der Waals surface area contributed by atoms with E-state index in [2.05, 4.69) is 61.5 Å². The standard InChI is InChI=1S/C13H26N4/c1-6-11-7-12(17-16-11)9-14-10(2)8-15-13(3,4)5/h7,10,14-15H,6,8-9H2,1-5H3,(H,16,17). The number of rotatable bonds is 6. The summed E-state index contributed by atoms with van der Waals surface area (Å²) in [4.78, 5) is 0. The first-order valence-electron chi connectivity index (χ1n) is 6.42. The maximum absolute atomic E-state index is 4.22. The van der Waals surface area contributed by atoms with Crippen molar-refractivity contribution in [3.8, 4) is 0 Å². The van der Waals surface area contributed by atoms with Crippen molar-refractivity contribution < 1.29 is 0 Å². The molecule has 3 N–H and O–H groups in total. The van der Waals surface area contributed by atoms with Crippen LogP contribution in [0.5, 0.6) is 0 Å². The topological polar surface area (TPSA) is 52.7 Å². The van der Waals surface area contributed by atoms with Crippen LogP contribution < -0.4 is 10.6 Å². The number of H-pyrrole nitrogens is 1. The van der Waals surface area contributed by atoms with Crippen LogP contribution in [-0.4, -0.2) is 28.3 Å². The minimum Gasteiger partial charge on any atom is -0.311 e. The van der Waals surface area contributed by atoms with Gasteiger partial charge in [0.15, 0.2) is 0 Å². The Balaban J connectivity index is 2.25. The molecular weight excluding hydrogens is 212 g/mol. The molecule has 0 amide bonds. The van der Waals surface area contributed by atoms with Crippen LogP contribution in [0.1, 0.15) is 46.0 Å². The Hall–Kier alpha value is -0.870. The SMILES string of the molecule is CCc1cc(CNC(C)CNC(C)(C)C)[nH]n1. The van der Waals surface area contributed by atoms with E-state index in [1.807, 2.05) is 0 Å². The molecule has 1 aromatic heterocycles. The lowest BCUT2D eigenvalue weighted by atomic mass is 10.1. The van der Waals surface area contributed by atoms with Crippen molar-refractivity contribution in [1.29, 1.82) is 0 Å². The van der Waals surface area contributed by atoms with Gasteiger partial charge in [-0.05, 0) is 40.2 Å². The zero-order chi connectivity index (χ0) is 12.9. The van der Waals surface area contributed by atoms with Gasteiger partial charge in [0.1, 0.15) is 0 Å². The average molecular weight is 238 g/mol. The van der Waals surface area contributed by atoms with Crippen molar-refractivity contribution in [2.24, 2.45) is 0 Å². The average Bonchev–Trinajstić information content (AvgIpc) is 2.70. The van der Waals surface area contributed by atoms with Gasteiger partial charge >= 0.3 is 0 Å². The minimum absolute atomic E-state index is 0.180. The van der Waals surface area contributed by atoms with E-state index in [0.29, 0.717) is 6.04 Å². The van der Waals surface area contributed by atoms with E-state index in [0.717, 1.165) is 30.9 Å². The van der Waals surface area contributed by atoms with E-state index in [1.165, 1.54) is 0 Å². The highest BCUT2D eigenvalue weighted by Gasteiger charge is 2.10. The first-order valence-corrected chi connectivity index (χ1v) is 6.42. The summed E-state index contributed by atoms with van der Waals surface area (Å²) in [6, 6.07) is 2.57. The van der Waals surface area contributed by atoms with E-state index >= 15 is 0 Å². The van der Waals surface area contributed by atoms with Gasteiger partial charge in [-0.1, -0.05) is 6.92 Å². The van der Waals surface area contributed by atoms with Gasteiger partial charge in [-0.2, -0.15) is 5.10 Å². The van der Waals surface area contributed by atoms with E-state index in [9.17, 15) is 0 Å². The largest absolute Gasteiger partial charge is 0.311 e. The smallest absolute Gasteiger partial charge is 0.0622 e. The molecule has 0 saturated carbocycles. The van der Waals surface area contributed by atoms with Gasteiger partial charge < -0.3 is 10.6 Å². The van der Waals surface area contributed by atoms with E-state index in [4.69, 9.17) is 0 Å². The molecule has 4 heteroatoms. The predicted molar refractivity (Wildman–Crippen MR) is 72.0 cm³/mol. The normalized spacial score (nSPS) is 13.9. The lowest BCUT2D eigenvalue weighted by Gasteiger charge is -2.23. The molecule has 0 bridgehead atoms. The summed E-state index contributed by atoms with van der Waals surface area (Å²) in [5.41, 5.74) is 2.46. The summed E-state index contributed by atoms with van der Waals surface area (Å²) >= 11 is 0. The molecule has 0 aromatic carbocycles. The molecule has 98 valence electrons. The Morgan fingerprint density at radius 3 is 2.65 bits per heavy atom. The Morgan fingerprint density at radius 1 is 1.41 bits per heavy atom. The van der Waals surface area contributed by atoms with Gasteiger partial charge in [0, 0.05) is 30.4 Å². The van der Waals surface area contributed by atoms with Crippen LogP contribution in [0.25, 0.3) is 0 Å². The molecule has 1 unspecified atom stereocenters. The quantitative estimate of drug-likeness (QED) is 0.709. The molecule has 4 nitrogen and oxygen atoms in total. The van der Waals surface area contributed by atoms with Gasteiger partial charge in [0.05, 0.1) is 5.69 Å². The number of aryl methyl sites for hydroxylation is 1. The third kappa shape index (κ3) is 5.84. The molecule has 1 aromatic rings. The molecule has 17 heavy (non-hydrogen) atoms. The summed E-state index contributed by atoms with van der Waals surface area (Å²) in [7, 11) is 0. The molecule has 0 aliphatic heterocycles. The maximum atomic E-state index is 4.22. The number of nitrogens with zero attached hydrogens (tertiary/aromatic N) is 1. The molecule has 1 heterocycles. The maximum Gasteiger partial charge on any atom is 0.0622 e. The van der Waals surface area contributed by atoms with Crippen LogP contribution in [0.4, 0.5) is 0 Å². The highest BCUT2D eigenvalue weighted by atomic mass is 15.1. The Bertz CT molecular complexity index is 324. The summed E-state index contributed by atoms with van der Waals surface area (Å²) < 4.78 is 0. The number of nitrogens with one attached hydrogen (secondary N) is 3. The third-order valence-electron chi connectivity index (χ3n) is 2.63. The molecule has 0 radical (unpaired) electrons. The Kier molecular flexibility index (Phi) is 5.15. The van der Waals surface area contributed by atoms with Crippen molar-refractivity contribution >= 4 is 0 Å². The first kappa shape index (κ1) is 14.2. The third-order valence-corrected chi connectivity index (χ3v) is 2.63. The van der Waals surface area contributed by atoms with Crippen molar-refractivity contribution in [2.75, 3.05) is 6.54 Å². The molecular formula is C13H26N4. The number of hydrogen-bond acceptors (Lipinski definition) is 3. The highest BCUT2D eigenvalue weighted by Crippen LogP contribution is 2.01. The second kappa shape index (κ2) is 6.17. The lowest BCUT2D eigenvalue weighted by Crippen LogP contribution is -2.44. The van der Waals surface area contributed by atoms with Crippen LogP contribution in [0.2, 0.25) is 0 Å². The van der Waals surface area contributed by atoms with Crippen molar-refractivity contribution in [1.82, 2.24) is 20.8 Å². The fourth-order valence-electron chi connectivity index (χ4n) is 1.50. The molecule has 1 atom stereocenters. The van der Waals surface area contributed by atoms with E-state index < -0.39 is 0 Å². The van der Waals surface area contributed by atoms with Gasteiger partial charge in [-0.15, -0.1) is 0 Å². The molecule has 1 rings (SSSR count).